The van der Waals surface area contributed by atoms with Gasteiger partial charge in [-0.2, -0.15) is 5.10 Å². The summed E-state index contributed by atoms with van der Waals surface area (Å²) in [5.74, 6) is 0.593. The number of nitrogens with zero attached hydrogens (tertiary/aromatic N) is 3. The highest BCUT2D eigenvalue weighted by Gasteiger charge is 2.27. The van der Waals surface area contributed by atoms with Crippen molar-refractivity contribution in [1.82, 2.24) is 14.7 Å². The minimum Gasteiger partial charge on any atom is -0.299 e. The van der Waals surface area contributed by atoms with Crippen LogP contribution in [0.5, 0.6) is 0 Å². The fourth-order valence-corrected chi connectivity index (χ4v) is 3.03. The molecule has 0 aliphatic carbocycles. The summed E-state index contributed by atoms with van der Waals surface area (Å²) in [5, 5.41) is 5.23. The predicted octanol–water partition coefficient (Wildman–Crippen LogP) is 2.44. The highest BCUT2D eigenvalue weighted by Crippen LogP contribution is 2.24. The molecular weight excluding hydrogens is 262 g/mol. The SMILES string of the molecule is CCc1nn(C)c(CN2CCC(=O)C(CC)C2)c1Cl. The first kappa shape index (κ1) is 14.5. The van der Waals surface area contributed by atoms with E-state index in [9.17, 15) is 4.79 Å². The van der Waals surface area contributed by atoms with Crippen LogP contribution in [0.25, 0.3) is 0 Å². The predicted molar refractivity (Wildman–Crippen MR) is 76.3 cm³/mol. The van der Waals surface area contributed by atoms with E-state index in [0.717, 1.165) is 48.9 Å². The van der Waals surface area contributed by atoms with E-state index in [-0.39, 0.29) is 5.92 Å². The number of carbonyl (C=O) groups excluding carboxylic acids is 1. The van der Waals surface area contributed by atoms with Crippen molar-refractivity contribution in [2.75, 3.05) is 13.1 Å². The van der Waals surface area contributed by atoms with Gasteiger partial charge in [0.15, 0.2) is 0 Å². The second kappa shape index (κ2) is 6.06. The first-order valence-corrected chi connectivity index (χ1v) is 7.39. The number of ketones is 1. The Labute approximate surface area is 119 Å². The number of carbonyl (C=O) groups is 1. The van der Waals surface area contributed by atoms with Crippen molar-refractivity contribution in [3.8, 4) is 0 Å². The van der Waals surface area contributed by atoms with Crippen LogP contribution in [0.3, 0.4) is 0 Å². The van der Waals surface area contributed by atoms with E-state index in [1.54, 1.807) is 0 Å². The summed E-state index contributed by atoms with van der Waals surface area (Å²) in [5.41, 5.74) is 2.02. The smallest absolute Gasteiger partial charge is 0.138 e. The molecule has 0 amide bonds. The van der Waals surface area contributed by atoms with Gasteiger partial charge in [0.1, 0.15) is 5.78 Å². The second-order valence-electron chi connectivity index (χ2n) is 5.24. The average molecular weight is 284 g/mol. The Kier molecular flexibility index (Phi) is 4.63. The lowest BCUT2D eigenvalue weighted by Crippen LogP contribution is -2.40. The van der Waals surface area contributed by atoms with Crippen LogP contribution in [-0.2, 0) is 24.8 Å². The van der Waals surface area contributed by atoms with Crippen LogP contribution in [0.4, 0.5) is 0 Å². The minimum atomic E-state index is 0.186. The van der Waals surface area contributed by atoms with E-state index in [2.05, 4.69) is 23.8 Å². The lowest BCUT2D eigenvalue weighted by atomic mass is 9.94. The summed E-state index contributed by atoms with van der Waals surface area (Å²) < 4.78 is 1.87. The van der Waals surface area contributed by atoms with Crippen molar-refractivity contribution in [3.63, 3.8) is 0 Å². The maximum Gasteiger partial charge on any atom is 0.138 e. The van der Waals surface area contributed by atoms with E-state index in [0.29, 0.717) is 12.2 Å². The molecule has 1 atom stereocenters. The van der Waals surface area contributed by atoms with Crippen molar-refractivity contribution in [2.24, 2.45) is 13.0 Å². The van der Waals surface area contributed by atoms with E-state index in [1.807, 2.05) is 11.7 Å². The van der Waals surface area contributed by atoms with Gasteiger partial charge in [-0.05, 0) is 12.8 Å². The van der Waals surface area contributed by atoms with Crippen molar-refractivity contribution < 1.29 is 4.79 Å². The molecular formula is C14H22ClN3O. The molecule has 5 heteroatoms. The van der Waals surface area contributed by atoms with E-state index < -0.39 is 0 Å². The summed E-state index contributed by atoms with van der Waals surface area (Å²) in [6, 6.07) is 0. The van der Waals surface area contributed by atoms with Crippen LogP contribution < -0.4 is 0 Å². The van der Waals surface area contributed by atoms with Crippen LogP contribution >= 0.6 is 11.6 Å². The molecule has 1 aromatic rings. The maximum absolute atomic E-state index is 11.7. The van der Waals surface area contributed by atoms with E-state index in [4.69, 9.17) is 11.6 Å². The van der Waals surface area contributed by atoms with Gasteiger partial charge >= 0.3 is 0 Å². The molecule has 0 saturated carbocycles. The molecule has 1 aliphatic heterocycles. The van der Waals surface area contributed by atoms with Crippen molar-refractivity contribution >= 4 is 17.4 Å². The molecule has 1 aromatic heterocycles. The molecule has 1 saturated heterocycles. The van der Waals surface area contributed by atoms with Crippen molar-refractivity contribution in [1.29, 1.82) is 0 Å². The third kappa shape index (κ3) is 3.00. The van der Waals surface area contributed by atoms with Gasteiger partial charge < -0.3 is 0 Å². The molecule has 0 radical (unpaired) electrons. The van der Waals surface area contributed by atoms with Crippen molar-refractivity contribution in [3.05, 3.63) is 16.4 Å². The number of hydrogen-bond acceptors (Lipinski definition) is 3. The zero-order chi connectivity index (χ0) is 14.0. The summed E-state index contributed by atoms with van der Waals surface area (Å²) >= 11 is 6.37. The number of likely N-dealkylation sites (tertiary alicyclic amines) is 1. The number of rotatable bonds is 4. The molecule has 0 aromatic carbocycles. The van der Waals surface area contributed by atoms with Crippen LogP contribution in [0, 0.1) is 5.92 Å². The van der Waals surface area contributed by atoms with Gasteiger partial charge in [0.2, 0.25) is 0 Å². The summed E-state index contributed by atoms with van der Waals surface area (Å²) in [6.45, 7) is 6.60. The van der Waals surface area contributed by atoms with Gasteiger partial charge in [-0.1, -0.05) is 25.4 Å². The Balaban J connectivity index is 2.09. The van der Waals surface area contributed by atoms with Crippen LogP contribution in [-0.4, -0.2) is 33.6 Å². The summed E-state index contributed by atoms with van der Waals surface area (Å²) in [7, 11) is 1.94. The number of aryl methyl sites for hydroxylation is 2. The first-order chi connectivity index (χ1) is 9.06. The molecule has 0 bridgehead atoms. The van der Waals surface area contributed by atoms with Crippen molar-refractivity contribution in [2.45, 2.75) is 39.7 Å². The molecule has 19 heavy (non-hydrogen) atoms. The van der Waals surface area contributed by atoms with Gasteiger partial charge in [0.05, 0.1) is 16.4 Å². The average Bonchev–Trinajstić information content (AvgIpc) is 2.68. The molecule has 2 heterocycles. The molecule has 0 N–H and O–H groups in total. The standard InChI is InChI=1S/C14H22ClN3O/c1-4-10-8-18(7-6-13(10)19)9-12-14(15)11(5-2)16-17(12)3/h10H,4-9H2,1-3H3. The largest absolute Gasteiger partial charge is 0.299 e. The van der Waals surface area contributed by atoms with Crippen LogP contribution in [0.15, 0.2) is 0 Å². The fraction of sp³-hybridized carbons (Fsp3) is 0.714. The normalized spacial score (nSPS) is 21.1. The highest BCUT2D eigenvalue weighted by molar-refractivity contribution is 6.31. The number of Topliss-reactive ketones (excluding diaryl/α,β-unsaturated/α-hetero) is 1. The molecule has 4 nitrogen and oxygen atoms in total. The second-order valence-corrected chi connectivity index (χ2v) is 5.62. The maximum atomic E-state index is 11.7. The Bertz CT molecular complexity index is 470. The summed E-state index contributed by atoms with van der Waals surface area (Å²) in [6.07, 6.45) is 2.44. The lowest BCUT2D eigenvalue weighted by molar-refractivity contribution is -0.126. The Morgan fingerprint density at radius 1 is 1.42 bits per heavy atom. The monoisotopic (exact) mass is 283 g/mol. The van der Waals surface area contributed by atoms with Crippen LogP contribution in [0.1, 0.15) is 38.1 Å². The lowest BCUT2D eigenvalue weighted by Gasteiger charge is -2.31. The third-order valence-corrected chi connectivity index (χ3v) is 4.41. The Morgan fingerprint density at radius 3 is 2.74 bits per heavy atom. The quantitative estimate of drug-likeness (QED) is 0.852. The molecule has 106 valence electrons. The van der Waals surface area contributed by atoms with Gasteiger partial charge in [-0.3, -0.25) is 14.4 Å². The zero-order valence-electron chi connectivity index (χ0n) is 11.9. The topological polar surface area (TPSA) is 38.1 Å². The molecule has 1 unspecified atom stereocenters. The van der Waals surface area contributed by atoms with Gasteiger partial charge in [-0.15, -0.1) is 0 Å². The van der Waals surface area contributed by atoms with Crippen LogP contribution in [0.2, 0.25) is 5.02 Å². The Morgan fingerprint density at radius 2 is 2.16 bits per heavy atom. The third-order valence-electron chi connectivity index (χ3n) is 3.98. The minimum absolute atomic E-state index is 0.186. The van der Waals surface area contributed by atoms with Gasteiger partial charge in [0, 0.05) is 39.0 Å². The number of piperidine rings is 1. The van der Waals surface area contributed by atoms with Gasteiger partial charge in [0.25, 0.3) is 0 Å². The summed E-state index contributed by atoms with van der Waals surface area (Å²) in [4.78, 5) is 14.1. The first-order valence-electron chi connectivity index (χ1n) is 7.02. The van der Waals surface area contributed by atoms with E-state index >= 15 is 0 Å². The fourth-order valence-electron chi connectivity index (χ4n) is 2.68. The zero-order valence-corrected chi connectivity index (χ0v) is 12.7. The molecule has 2 rings (SSSR count). The van der Waals surface area contributed by atoms with E-state index in [1.165, 1.54) is 0 Å². The number of hydrogen-bond donors (Lipinski definition) is 0. The highest BCUT2D eigenvalue weighted by atomic mass is 35.5. The Hall–Kier alpha value is -0.870. The molecule has 1 aliphatic rings. The number of halogens is 1. The molecule has 1 fully saturated rings. The molecule has 0 spiro atoms. The number of aromatic nitrogens is 2. The van der Waals surface area contributed by atoms with Gasteiger partial charge in [-0.25, -0.2) is 0 Å².